The van der Waals surface area contributed by atoms with Crippen molar-refractivity contribution in [2.75, 3.05) is 39.3 Å². The van der Waals surface area contributed by atoms with Gasteiger partial charge in [-0.15, -0.1) is 5.10 Å². The summed E-state index contributed by atoms with van der Waals surface area (Å²) in [6, 6.07) is 3.73. The molecular weight excluding hydrogens is 374 g/mol. The van der Waals surface area contributed by atoms with Crippen molar-refractivity contribution in [3.63, 3.8) is 0 Å². The maximum atomic E-state index is 11.2. The van der Waals surface area contributed by atoms with E-state index >= 15 is 0 Å². The number of nitrogens with zero attached hydrogens (tertiary/aromatic N) is 5. The molecule has 3 heterocycles. The number of piperidine rings is 1. The molecule has 1 aromatic carbocycles. The van der Waals surface area contributed by atoms with Gasteiger partial charge in [-0.1, -0.05) is 0 Å². The van der Waals surface area contributed by atoms with E-state index in [0.717, 1.165) is 23.7 Å². The molecule has 0 saturated carbocycles. The number of fused-ring (bicyclic) bond motifs is 1. The summed E-state index contributed by atoms with van der Waals surface area (Å²) in [5.41, 5.74) is -0.908. The third kappa shape index (κ3) is 3.53. The fourth-order valence-corrected chi connectivity index (χ4v) is 4.04. The molecule has 1 atom stereocenters. The number of rotatable bonds is 6. The van der Waals surface area contributed by atoms with Crippen LogP contribution in [0.25, 0.3) is 10.8 Å². The van der Waals surface area contributed by atoms with Crippen molar-refractivity contribution in [2.45, 2.75) is 25.0 Å². The van der Waals surface area contributed by atoms with Crippen LogP contribution in [0.1, 0.15) is 12.8 Å². The Hall–Kier alpha value is -3.07. The number of β-amino-alcohol motifs (C(OH)–C–C–N with tert-alkyl or cyclic N) is 1. The first-order chi connectivity index (χ1) is 14.1. The maximum absolute atomic E-state index is 11.2. The Morgan fingerprint density at radius 3 is 2.66 bits per heavy atom. The first-order valence-corrected chi connectivity index (χ1v) is 9.47. The minimum atomic E-state index is -0.908. The second-order valence-corrected chi connectivity index (χ2v) is 7.23. The number of benzene rings is 1. The second-order valence-electron chi connectivity index (χ2n) is 7.23. The van der Waals surface area contributed by atoms with Gasteiger partial charge in [-0.2, -0.15) is 10.2 Å². The van der Waals surface area contributed by atoms with Crippen LogP contribution in [0.15, 0.2) is 30.7 Å². The zero-order valence-electron chi connectivity index (χ0n) is 16.8. The van der Waals surface area contributed by atoms with Gasteiger partial charge in [0, 0.05) is 24.3 Å². The van der Waals surface area contributed by atoms with Crippen LogP contribution in [0, 0.1) is 0 Å². The van der Waals surface area contributed by atoms with Crippen molar-refractivity contribution in [3.05, 3.63) is 30.7 Å². The molecule has 1 fully saturated rings. The normalized spacial score (nSPS) is 19.4. The van der Waals surface area contributed by atoms with E-state index in [-0.39, 0.29) is 0 Å². The molecule has 0 radical (unpaired) electrons. The number of aliphatic hydroxyl groups is 1. The molecule has 9 nitrogen and oxygen atoms in total. The molecule has 0 bridgehead atoms. The van der Waals surface area contributed by atoms with E-state index in [9.17, 15) is 5.11 Å². The molecule has 1 N–H and O–H groups in total. The highest BCUT2D eigenvalue weighted by molar-refractivity contribution is 5.99. The van der Waals surface area contributed by atoms with E-state index in [1.165, 1.54) is 0 Å². The molecule has 1 aliphatic rings. The Morgan fingerprint density at radius 1 is 1.14 bits per heavy atom. The standard InChI is InChI=1S/C20H25N5O4/c1-27-16-10-14-15(17(28-2)18(16)29-3)11-21-23-19(14)24-8-4-6-20(26,12-24)13-25-9-5-7-22-25/h5,7,9-11,26H,4,6,8,12-13H2,1-3H3. The molecular formula is C20H25N5O4. The highest BCUT2D eigenvalue weighted by Gasteiger charge is 2.35. The lowest BCUT2D eigenvalue weighted by Gasteiger charge is -2.39. The van der Waals surface area contributed by atoms with Crippen molar-refractivity contribution in [1.29, 1.82) is 0 Å². The van der Waals surface area contributed by atoms with Crippen LogP contribution in [0.2, 0.25) is 0 Å². The molecule has 154 valence electrons. The molecule has 1 saturated heterocycles. The summed E-state index contributed by atoms with van der Waals surface area (Å²) >= 11 is 0. The zero-order valence-corrected chi connectivity index (χ0v) is 16.8. The summed E-state index contributed by atoms with van der Waals surface area (Å²) in [5, 5.41) is 25.6. The zero-order chi connectivity index (χ0) is 20.4. The quantitative estimate of drug-likeness (QED) is 0.671. The van der Waals surface area contributed by atoms with Gasteiger partial charge in [0.25, 0.3) is 0 Å². The fourth-order valence-electron chi connectivity index (χ4n) is 4.04. The van der Waals surface area contributed by atoms with Crippen LogP contribution in [0.3, 0.4) is 0 Å². The Morgan fingerprint density at radius 2 is 1.97 bits per heavy atom. The van der Waals surface area contributed by atoms with Crippen molar-refractivity contribution in [3.8, 4) is 17.2 Å². The van der Waals surface area contributed by atoms with Gasteiger partial charge in [-0.25, -0.2) is 0 Å². The number of ether oxygens (including phenoxy) is 3. The number of aromatic nitrogens is 4. The van der Waals surface area contributed by atoms with Crippen LogP contribution in [-0.2, 0) is 6.54 Å². The Balaban J connectivity index is 1.75. The lowest BCUT2D eigenvalue weighted by Crippen LogP contribution is -2.51. The first kappa shape index (κ1) is 19.3. The maximum Gasteiger partial charge on any atom is 0.204 e. The van der Waals surface area contributed by atoms with Gasteiger partial charge in [0.05, 0.1) is 46.0 Å². The van der Waals surface area contributed by atoms with E-state index in [1.54, 1.807) is 38.4 Å². The summed E-state index contributed by atoms with van der Waals surface area (Å²) in [7, 11) is 4.74. The van der Waals surface area contributed by atoms with E-state index in [2.05, 4.69) is 20.2 Å². The number of methoxy groups -OCH3 is 3. The lowest BCUT2D eigenvalue weighted by atomic mass is 9.92. The summed E-state index contributed by atoms with van der Waals surface area (Å²) in [5.74, 6) is 2.28. The molecule has 9 heteroatoms. The molecule has 4 rings (SSSR count). The molecule has 1 unspecified atom stereocenters. The number of hydrogen-bond acceptors (Lipinski definition) is 8. The first-order valence-electron chi connectivity index (χ1n) is 9.47. The Bertz CT molecular complexity index is 994. The van der Waals surface area contributed by atoms with E-state index < -0.39 is 5.60 Å². The van der Waals surface area contributed by atoms with Gasteiger partial charge >= 0.3 is 0 Å². The SMILES string of the molecule is COc1cc2c(N3CCCC(O)(Cn4cccn4)C3)nncc2c(OC)c1OC. The number of anilines is 1. The largest absolute Gasteiger partial charge is 0.493 e. The molecule has 3 aromatic rings. The highest BCUT2D eigenvalue weighted by atomic mass is 16.5. The van der Waals surface area contributed by atoms with Crippen molar-refractivity contribution in [2.24, 2.45) is 0 Å². The number of hydrogen-bond donors (Lipinski definition) is 1. The summed E-state index contributed by atoms with van der Waals surface area (Å²) in [4.78, 5) is 2.06. The van der Waals surface area contributed by atoms with Crippen molar-refractivity contribution < 1.29 is 19.3 Å². The predicted octanol–water partition coefficient (Wildman–Crippen LogP) is 1.88. The highest BCUT2D eigenvalue weighted by Crippen LogP contribution is 2.45. The van der Waals surface area contributed by atoms with Crippen LogP contribution >= 0.6 is 0 Å². The molecule has 1 aliphatic heterocycles. The lowest BCUT2D eigenvalue weighted by molar-refractivity contribution is 0.00634. The molecule has 29 heavy (non-hydrogen) atoms. The fraction of sp³-hybridized carbons (Fsp3) is 0.450. The van der Waals surface area contributed by atoms with Crippen LogP contribution in [-0.4, -0.2) is 65.1 Å². The van der Waals surface area contributed by atoms with Gasteiger partial charge in [0.15, 0.2) is 17.3 Å². The van der Waals surface area contributed by atoms with Crippen LogP contribution in [0.4, 0.5) is 5.82 Å². The smallest absolute Gasteiger partial charge is 0.204 e. The van der Waals surface area contributed by atoms with Gasteiger partial charge in [-0.05, 0) is 25.0 Å². The minimum Gasteiger partial charge on any atom is -0.493 e. The van der Waals surface area contributed by atoms with Gasteiger partial charge in [0.1, 0.15) is 5.60 Å². The Kier molecular flexibility index (Phi) is 5.14. The monoisotopic (exact) mass is 399 g/mol. The summed E-state index contributed by atoms with van der Waals surface area (Å²) < 4.78 is 18.3. The molecule has 2 aromatic heterocycles. The molecule has 0 spiro atoms. The molecule has 0 amide bonds. The topological polar surface area (TPSA) is 94.8 Å². The van der Waals surface area contributed by atoms with Gasteiger partial charge < -0.3 is 24.2 Å². The van der Waals surface area contributed by atoms with E-state index in [4.69, 9.17) is 14.2 Å². The van der Waals surface area contributed by atoms with Crippen LogP contribution in [0.5, 0.6) is 17.2 Å². The van der Waals surface area contributed by atoms with Gasteiger partial charge in [0.2, 0.25) is 5.75 Å². The van der Waals surface area contributed by atoms with Crippen LogP contribution < -0.4 is 19.1 Å². The third-order valence-electron chi connectivity index (χ3n) is 5.32. The van der Waals surface area contributed by atoms with Crippen molar-refractivity contribution in [1.82, 2.24) is 20.0 Å². The average Bonchev–Trinajstić information content (AvgIpc) is 3.23. The predicted molar refractivity (Wildman–Crippen MR) is 108 cm³/mol. The summed E-state index contributed by atoms with van der Waals surface area (Å²) in [6.45, 7) is 1.62. The summed E-state index contributed by atoms with van der Waals surface area (Å²) in [6.07, 6.45) is 6.75. The van der Waals surface area contributed by atoms with Gasteiger partial charge in [-0.3, -0.25) is 4.68 Å². The minimum absolute atomic E-state index is 0.426. The van der Waals surface area contributed by atoms with E-state index in [0.29, 0.717) is 42.6 Å². The van der Waals surface area contributed by atoms with Crippen molar-refractivity contribution >= 4 is 16.6 Å². The second kappa shape index (κ2) is 7.75. The molecule has 0 aliphatic carbocycles. The van der Waals surface area contributed by atoms with E-state index in [1.807, 2.05) is 18.3 Å². The Labute approximate surface area is 168 Å². The third-order valence-corrected chi connectivity index (χ3v) is 5.32. The average molecular weight is 399 g/mol.